The smallest absolute Gasteiger partial charge is 0.324 e. The number of hydrogen-bond donors (Lipinski definition) is 2. The van der Waals surface area contributed by atoms with E-state index < -0.39 is 13.8 Å². The first-order valence-electron chi connectivity index (χ1n) is 5.58. The van der Waals surface area contributed by atoms with Crippen LogP contribution in [0.5, 0.6) is 0 Å². The number of nitrogens with one attached hydrogen (secondary N) is 2. The molecule has 106 valence electrons. The highest BCUT2D eigenvalue weighted by atomic mass is 31.2. The topological polar surface area (TPSA) is 122 Å². The molecule has 20 heavy (non-hydrogen) atoms. The molecule has 0 aliphatic carbocycles. The highest BCUT2D eigenvalue weighted by Crippen LogP contribution is 2.19. The number of rotatable bonds is 3. The Morgan fingerprint density at radius 2 is 1.95 bits per heavy atom. The number of carbonyl (C=O) groups is 1. The van der Waals surface area contributed by atoms with Gasteiger partial charge in [0.25, 0.3) is 0 Å². The predicted octanol–water partition coefficient (Wildman–Crippen LogP) is 0.131. The molecule has 2 rings (SSSR count). The summed E-state index contributed by atoms with van der Waals surface area (Å²) in [7, 11) is -5.13. The number of carbonyl (C=O) groups excluding carboxylic acids is 1. The van der Waals surface area contributed by atoms with E-state index in [2.05, 4.69) is 10.4 Å². The van der Waals surface area contributed by atoms with E-state index in [4.69, 9.17) is 0 Å². The van der Waals surface area contributed by atoms with Gasteiger partial charge in [-0.05, 0) is 19.1 Å². The Labute approximate surface area is 114 Å². The van der Waals surface area contributed by atoms with Crippen molar-refractivity contribution in [1.29, 1.82) is 0 Å². The minimum absolute atomic E-state index is 0.250. The van der Waals surface area contributed by atoms with Crippen molar-refractivity contribution >= 4 is 19.6 Å². The molecule has 0 saturated carbocycles. The van der Waals surface area contributed by atoms with E-state index in [1.807, 2.05) is 6.07 Å². The van der Waals surface area contributed by atoms with Gasteiger partial charge in [0.2, 0.25) is 0 Å². The SMILES string of the molecule is Cc1cc(NC(=O)NP(=O)([O-])[O-])n(-c2ccccc2)n1. The van der Waals surface area contributed by atoms with Crippen LogP contribution in [0.4, 0.5) is 10.6 Å². The lowest BCUT2D eigenvalue weighted by Crippen LogP contribution is -2.35. The Kier molecular flexibility index (Phi) is 3.89. The number of urea groups is 1. The Hall–Kier alpha value is -2.15. The molecule has 0 fully saturated rings. The van der Waals surface area contributed by atoms with E-state index in [1.54, 1.807) is 37.3 Å². The zero-order chi connectivity index (χ0) is 14.8. The minimum atomic E-state index is -5.13. The van der Waals surface area contributed by atoms with Crippen LogP contribution in [0.1, 0.15) is 5.69 Å². The van der Waals surface area contributed by atoms with Crippen molar-refractivity contribution in [2.24, 2.45) is 0 Å². The van der Waals surface area contributed by atoms with Crippen molar-refractivity contribution in [1.82, 2.24) is 14.9 Å². The molecule has 2 N–H and O–H groups in total. The summed E-state index contributed by atoms with van der Waals surface area (Å²) in [4.78, 5) is 32.3. The van der Waals surface area contributed by atoms with Gasteiger partial charge >= 0.3 is 6.03 Å². The van der Waals surface area contributed by atoms with Crippen molar-refractivity contribution < 1.29 is 19.1 Å². The second-order valence-corrected chi connectivity index (χ2v) is 5.20. The molecule has 0 unspecified atom stereocenters. The summed E-state index contributed by atoms with van der Waals surface area (Å²) >= 11 is 0. The van der Waals surface area contributed by atoms with Crippen molar-refractivity contribution in [3.63, 3.8) is 0 Å². The summed E-state index contributed by atoms with van der Waals surface area (Å²) in [6.07, 6.45) is 0. The van der Waals surface area contributed by atoms with Gasteiger partial charge in [0.15, 0.2) is 0 Å². The number of aryl methyl sites for hydroxylation is 1. The van der Waals surface area contributed by atoms with Crippen LogP contribution in [0.2, 0.25) is 0 Å². The highest BCUT2D eigenvalue weighted by Gasteiger charge is 2.10. The summed E-state index contributed by atoms with van der Waals surface area (Å²) in [5.74, 6) is 0.250. The highest BCUT2D eigenvalue weighted by molar-refractivity contribution is 7.47. The number of nitrogens with zero attached hydrogens (tertiary/aromatic N) is 2. The number of para-hydroxylation sites is 1. The molecular formula is C11H11N4O4P-2. The van der Waals surface area contributed by atoms with Gasteiger partial charge in [0.1, 0.15) is 5.82 Å². The zero-order valence-electron chi connectivity index (χ0n) is 10.4. The number of amides is 2. The molecule has 2 aromatic rings. The molecule has 0 radical (unpaired) electrons. The average molecular weight is 294 g/mol. The summed E-state index contributed by atoms with van der Waals surface area (Å²) in [6, 6.07) is 9.36. The molecule has 2 amide bonds. The minimum Gasteiger partial charge on any atom is -0.795 e. The van der Waals surface area contributed by atoms with Crippen molar-refractivity contribution in [3.05, 3.63) is 42.1 Å². The molecule has 0 atom stereocenters. The van der Waals surface area contributed by atoms with E-state index in [1.165, 1.54) is 9.77 Å². The lowest BCUT2D eigenvalue weighted by molar-refractivity contribution is -0.316. The van der Waals surface area contributed by atoms with Crippen LogP contribution in [0.25, 0.3) is 5.69 Å². The second kappa shape index (κ2) is 5.46. The molecule has 0 bridgehead atoms. The summed E-state index contributed by atoms with van der Waals surface area (Å²) in [5.41, 5.74) is 1.31. The number of benzene rings is 1. The summed E-state index contributed by atoms with van der Waals surface area (Å²) in [5, 5.41) is 7.75. The third kappa shape index (κ3) is 3.67. The van der Waals surface area contributed by atoms with E-state index in [0.717, 1.165) is 0 Å². The van der Waals surface area contributed by atoms with Gasteiger partial charge in [-0.1, -0.05) is 18.2 Å². The third-order valence-electron chi connectivity index (χ3n) is 2.31. The van der Waals surface area contributed by atoms with Crippen LogP contribution in [0.15, 0.2) is 36.4 Å². The maximum atomic E-state index is 11.4. The molecule has 0 aliphatic heterocycles. The fraction of sp³-hybridized carbons (Fsp3) is 0.0909. The zero-order valence-corrected chi connectivity index (χ0v) is 11.3. The number of anilines is 1. The molecular weight excluding hydrogens is 283 g/mol. The van der Waals surface area contributed by atoms with Crippen LogP contribution in [-0.2, 0) is 4.57 Å². The van der Waals surface area contributed by atoms with Crippen LogP contribution < -0.4 is 20.2 Å². The Morgan fingerprint density at radius 3 is 2.55 bits per heavy atom. The van der Waals surface area contributed by atoms with Gasteiger partial charge in [-0.25, -0.2) is 9.48 Å². The molecule has 9 heteroatoms. The first-order chi connectivity index (χ1) is 9.35. The Morgan fingerprint density at radius 1 is 1.30 bits per heavy atom. The van der Waals surface area contributed by atoms with Gasteiger partial charge < -0.3 is 19.4 Å². The predicted molar refractivity (Wildman–Crippen MR) is 68.1 cm³/mol. The van der Waals surface area contributed by atoms with Crippen molar-refractivity contribution in [2.75, 3.05) is 5.32 Å². The van der Waals surface area contributed by atoms with E-state index in [-0.39, 0.29) is 5.82 Å². The molecule has 0 spiro atoms. The molecule has 1 heterocycles. The van der Waals surface area contributed by atoms with Crippen molar-refractivity contribution in [3.8, 4) is 5.69 Å². The van der Waals surface area contributed by atoms with E-state index in [0.29, 0.717) is 11.4 Å². The van der Waals surface area contributed by atoms with Gasteiger partial charge in [0.05, 0.1) is 11.4 Å². The summed E-state index contributed by atoms with van der Waals surface area (Å²) in [6.45, 7) is 1.72. The fourth-order valence-corrected chi connectivity index (χ4v) is 1.93. The van der Waals surface area contributed by atoms with Crippen LogP contribution >= 0.6 is 7.75 Å². The Balaban J connectivity index is 2.25. The van der Waals surface area contributed by atoms with Gasteiger partial charge in [-0.3, -0.25) is 5.32 Å². The maximum Gasteiger partial charge on any atom is 0.324 e. The van der Waals surface area contributed by atoms with Crippen LogP contribution in [0, 0.1) is 6.92 Å². The van der Waals surface area contributed by atoms with Gasteiger partial charge in [-0.2, -0.15) is 5.10 Å². The molecule has 8 nitrogen and oxygen atoms in total. The summed E-state index contributed by atoms with van der Waals surface area (Å²) < 4.78 is 11.9. The fourth-order valence-electron chi connectivity index (χ4n) is 1.62. The first-order valence-corrected chi connectivity index (χ1v) is 7.13. The van der Waals surface area contributed by atoms with Crippen LogP contribution in [0.3, 0.4) is 0 Å². The average Bonchev–Trinajstić information content (AvgIpc) is 2.68. The molecule has 1 aromatic carbocycles. The van der Waals surface area contributed by atoms with Gasteiger partial charge in [0, 0.05) is 13.8 Å². The van der Waals surface area contributed by atoms with Crippen molar-refractivity contribution in [2.45, 2.75) is 6.92 Å². The van der Waals surface area contributed by atoms with E-state index >= 15 is 0 Å². The normalized spacial score (nSPS) is 11.2. The van der Waals surface area contributed by atoms with E-state index in [9.17, 15) is 19.1 Å². The quantitative estimate of drug-likeness (QED) is 0.779. The first kappa shape index (κ1) is 14.3. The Bertz CT molecular complexity index is 664. The number of aromatic nitrogens is 2. The molecule has 0 aliphatic rings. The maximum absolute atomic E-state index is 11.4. The third-order valence-corrected chi connectivity index (χ3v) is 2.79. The number of hydrogen-bond acceptors (Lipinski definition) is 5. The second-order valence-electron chi connectivity index (χ2n) is 3.98. The standard InChI is InChI=1S/C11H13N4O4P/c1-8-7-10(12-11(16)14-20(17,18)19)15(13-8)9-5-3-2-4-6-9/h2-7H,1H3,(H4,12,14,16,17,18,19)/p-2. The lowest BCUT2D eigenvalue weighted by Gasteiger charge is -2.29. The van der Waals surface area contributed by atoms with Gasteiger partial charge in [-0.15, -0.1) is 0 Å². The largest absolute Gasteiger partial charge is 0.795 e. The lowest BCUT2D eigenvalue weighted by atomic mass is 10.3. The van der Waals surface area contributed by atoms with Crippen LogP contribution in [-0.4, -0.2) is 15.8 Å². The monoisotopic (exact) mass is 294 g/mol. The molecule has 0 saturated heterocycles. The molecule has 1 aromatic heterocycles.